The van der Waals surface area contributed by atoms with Crippen LogP contribution in [0.5, 0.6) is 0 Å². The highest BCUT2D eigenvalue weighted by Crippen LogP contribution is 2.34. The van der Waals surface area contributed by atoms with Gasteiger partial charge in [0.15, 0.2) is 0 Å². The van der Waals surface area contributed by atoms with E-state index in [4.69, 9.17) is 0 Å². The smallest absolute Gasteiger partial charge is 0.0460 e. The Morgan fingerprint density at radius 2 is 1.14 bits per heavy atom. The summed E-state index contributed by atoms with van der Waals surface area (Å²) in [5.41, 5.74) is 7.20. The zero-order chi connectivity index (χ0) is 20.1. The first kappa shape index (κ1) is 18.8. The van der Waals surface area contributed by atoms with Crippen molar-refractivity contribution in [2.24, 2.45) is 0 Å². The number of anilines is 4. The van der Waals surface area contributed by atoms with Crippen molar-refractivity contribution >= 4 is 22.7 Å². The molecule has 0 bridgehead atoms. The van der Waals surface area contributed by atoms with E-state index >= 15 is 0 Å². The third-order valence-corrected chi connectivity index (χ3v) is 5.19. The fraction of sp³-hybridized carbons (Fsp3) is 0.111. The Labute approximate surface area is 173 Å². The summed E-state index contributed by atoms with van der Waals surface area (Å²) in [6.07, 6.45) is 9.73. The minimum atomic E-state index is 0.897. The number of allylic oxidation sites excluding steroid dienone is 5. The molecule has 0 heterocycles. The van der Waals surface area contributed by atoms with Crippen LogP contribution in [0.2, 0.25) is 0 Å². The van der Waals surface area contributed by atoms with Crippen LogP contribution in [0.3, 0.4) is 0 Å². The number of hydrogen-bond acceptors (Lipinski definition) is 2. The molecule has 0 saturated carbocycles. The molecule has 1 aliphatic carbocycles. The van der Waals surface area contributed by atoms with Gasteiger partial charge >= 0.3 is 0 Å². The molecule has 1 aliphatic rings. The Kier molecular flexibility index (Phi) is 5.62. The fourth-order valence-electron chi connectivity index (χ4n) is 3.57. The molecule has 0 amide bonds. The number of hydrogen-bond donors (Lipinski definition) is 0. The molecule has 0 aromatic heterocycles. The Bertz CT molecular complexity index is 1030. The second-order valence-corrected chi connectivity index (χ2v) is 7.26. The highest BCUT2D eigenvalue weighted by atomic mass is 15.2. The number of benzene rings is 3. The predicted octanol–water partition coefficient (Wildman–Crippen LogP) is 7.38. The van der Waals surface area contributed by atoms with E-state index in [1.807, 2.05) is 6.07 Å². The van der Waals surface area contributed by atoms with Crippen LogP contribution >= 0.6 is 0 Å². The zero-order valence-corrected chi connectivity index (χ0v) is 17.0. The third-order valence-electron chi connectivity index (χ3n) is 5.19. The second kappa shape index (κ2) is 8.66. The minimum absolute atomic E-state index is 0.897. The highest BCUT2D eigenvalue weighted by Gasteiger charge is 2.15. The van der Waals surface area contributed by atoms with Gasteiger partial charge in [-0.05, 0) is 61.5 Å². The fourth-order valence-corrected chi connectivity index (χ4v) is 3.57. The van der Waals surface area contributed by atoms with Gasteiger partial charge in [0.25, 0.3) is 0 Å². The molecule has 144 valence electrons. The lowest BCUT2D eigenvalue weighted by atomic mass is 10.1. The van der Waals surface area contributed by atoms with E-state index < -0.39 is 0 Å². The van der Waals surface area contributed by atoms with Crippen molar-refractivity contribution in [3.8, 4) is 0 Å². The van der Waals surface area contributed by atoms with Gasteiger partial charge in [-0.1, -0.05) is 60.2 Å². The maximum atomic E-state index is 2.34. The Morgan fingerprint density at radius 1 is 0.621 bits per heavy atom. The molecule has 4 rings (SSSR count). The van der Waals surface area contributed by atoms with Crippen LogP contribution in [0.1, 0.15) is 13.3 Å². The first-order chi connectivity index (χ1) is 14.2. The number of nitrogens with zero attached hydrogens (tertiary/aromatic N) is 2. The van der Waals surface area contributed by atoms with Crippen molar-refractivity contribution in [2.75, 3.05) is 16.8 Å². The van der Waals surface area contributed by atoms with E-state index in [-0.39, 0.29) is 0 Å². The van der Waals surface area contributed by atoms with Crippen LogP contribution in [0.4, 0.5) is 22.7 Å². The van der Waals surface area contributed by atoms with Gasteiger partial charge in [0, 0.05) is 41.9 Å². The Hall–Kier alpha value is -3.52. The topological polar surface area (TPSA) is 6.48 Å². The van der Waals surface area contributed by atoms with E-state index in [0.717, 1.165) is 12.1 Å². The van der Waals surface area contributed by atoms with Crippen molar-refractivity contribution in [3.63, 3.8) is 0 Å². The average molecular weight is 379 g/mol. The van der Waals surface area contributed by atoms with Crippen molar-refractivity contribution in [2.45, 2.75) is 13.3 Å². The Balaban J connectivity index is 1.69. The molecule has 0 unspecified atom stereocenters. The summed E-state index contributed by atoms with van der Waals surface area (Å²) in [7, 11) is 2.10. The van der Waals surface area contributed by atoms with Crippen molar-refractivity contribution in [1.82, 2.24) is 0 Å². The summed E-state index contributed by atoms with van der Waals surface area (Å²) < 4.78 is 0. The highest BCUT2D eigenvalue weighted by molar-refractivity contribution is 5.72. The standard InChI is InChI=1S/C27H26N2/c1-22-10-9-15-26(17-16-22)29(25-13-7-4-8-14-25)27-20-18-24(19-21-27)28(2)23-11-5-3-6-12-23/h3-14,16-21H,15H2,1-2H3. The van der Waals surface area contributed by atoms with Gasteiger partial charge < -0.3 is 9.80 Å². The van der Waals surface area contributed by atoms with Gasteiger partial charge in [-0.2, -0.15) is 0 Å². The summed E-state index contributed by atoms with van der Waals surface area (Å²) >= 11 is 0. The first-order valence-electron chi connectivity index (χ1n) is 10.0. The SMILES string of the molecule is CC1=CC=C(N(c2ccccc2)c2ccc(N(C)c3ccccc3)cc2)CC=C1. The molecule has 0 saturated heterocycles. The van der Waals surface area contributed by atoms with Crippen molar-refractivity contribution in [3.05, 3.63) is 121 Å². The summed E-state index contributed by atoms with van der Waals surface area (Å²) in [4.78, 5) is 4.54. The van der Waals surface area contributed by atoms with Crippen LogP contribution in [-0.2, 0) is 0 Å². The van der Waals surface area contributed by atoms with E-state index in [1.165, 1.54) is 28.3 Å². The lowest BCUT2D eigenvalue weighted by Crippen LogP contribution is -2.16. The van der Waals surface area contributed by atoms with Crippen LogP contribution < -0.4 is 9.80 Å². The number of rotatable bonds is 5. The average Bonchev–Trinajstić information content (AvgIpc) is 3.00. The molecular formula is C27H26N2. The quantitative estimate of drug-likeness (QED) is 0.457. The molecule has 29 heavy (non-hydrogen) atoms. The summed E-state index contributed by atoms with van der Waals surface area (Å²) in [6, 6.07) is 29.8. The molecule has 0 spiro atoms. The predicted molar refractivity (Wildman–Crippen MR) is 125 cm³/mol. The van der Waals surface area contributed by atoms with Gasteiger partial charge in [-0.3, -0.25) is 0 Å². The minimum Gasteiger partial charge on any atom is -0.345 e. The molecule has 0 aliphatic heterocycles. The Morgan fingerprint density at radius 3 is 1.79 bits per heavy atom. The van der Waals surface area contributed by atoms with Gasteiger partial charge in [-0.15, -0.1) is 0 Å². The van der Waals surface area contributed by atoms with Gasteiger partial charge in [-0.25, -0.2) is 0 Å². The second-order valence-electron chi connectivity index (χ2n) is 7.26. The molecule has 0 N–H and O–H groups in total. The van der Waals surface area contributed by atoms with Crippen LogP contribution in [-0.4, -0.2) is 7.05 Å². The molecule has 2 heteroatoms. The van der Waals surface area contributed by atoms with Gasteiger partial charge in [0.1, 0.15) is 0 Å². The van der Waals surface area contributed by atoms with Crippen LogP contribution in [0.15, 0.2) is 121 Å². The molecule has 2 nitrogen and oxygen atoms in total. The third kappa shape index (κ3) is 4.33. The van der Waals surface area contributed by atoms with Crippen LogP contribution in [0.25, 0.3) is 0 Å². The maximum Gasteiger partial charge on any atom is 0.0460 e. The summed E-state index contributed by atoms with van der Waals surface area (Å²) in [6.45, 7) is 2.14. The van der Waals surface area contributed by atoms with Gasteiger partial charge in [0.2, 0.25) is 0 Å². The lowest BCUT2D eigenvalue weighted by Gasteiger charge is -2.28. The molecule has 0 radical (unpaired) electrons. The lowest BCUT2D eigenvalue weighted by molar-refractivity contribution is 1.08. The number of para-hydroxylation sites is 2. The van der Waals surface area contributed by atoms with E-state index in [2.05, 4.69) is 127 Å². The zero-order valence-electron chi connectivity index (χ0n) is 17.0. The monoisotopic (exact) mass is 378 g/mol. The van der Waals surface area contributed by atoms with Crippen molar-refractivity contribution < 1.29 is 0 Å². The van der Waals surface area contributed by atoms with E-state index in [1.54, 1.807) is 0 Å². The molecule has 3 aromatic rings. The van der Waals surface area contributed by atoms with E-state index in [9.17, 15) is 0 Å². The summed E-state index contributed by atoms with van der Waals surface area (Å²) in [5.74, 6) is 0. The molecule has 0 atom stereocenters. The normalized spacial score (nSPS) is 13.3. The molecule has 3 aromatic carbocycles. The first-order valence-corrected chi connectivity index (χ1v) is 10.0. The molecule has 0 fully saturated rings. The maximum absolute atomic E-state index is 2.34. The summed E-state index contributed by atoms with van der Waals surface area (Å²) in [5, 5.41) is 0. The van der Waals surface area contributed by atoms with E-state index in [0.29, 0.717) is 0 Å². The van der Waals surface area contributed by atoms with Crippen LogP contribution in [0, 0.1) is 0 Å². The van der Waals surface area contributed by atoms with Crippen molar-refractivity contribution in [1.29, 1.82) is 0 Å². The van der Waals surface area contributed by atoms with Gasteiger partial charge in [0.05, 0.1) is 0 Å². The molecular weight excluding hydrogens is 352 g/mol. The largest absolute Gasteiger partial charge is 0.345 e.